The molecular weight excluding hydrogens is 426 g/mol. The Morgan fingerprint density at radius 1 is 0.970 bits per heavy atom. The van der Waals surface area contributed by atoms with Crippen LogP contribution in [0.4, 0.5) is 5.69 Å². The van der Waals surface area contributed by atoms with E-state index in [2.05, 4.69) is 15.4 Å². The van der Waals surface area contributed by atoms with Gasteiger partial charge in [-0.15, -0.1) is 5.10 Å². The number of anilines is 1. The van der Waals surface area contributed by atoms with Crippen LogP contribution in [0.2, 0.25) is 0 Å². The summed E-state index contributed by atoms with van der Waals surface area (Å²) in [5.41, 5.74) is 1.92. The number of carbonyl (C=O) groups excluding carboxylic acids is 1. The van der Waals surface area contributed by atoms with Gasteiger partial charge < -0.3 is 19.5 Å². The van der Waals surface area contributed by atoms with E-state index >= 15 is 0 Å². The normalized spacial score (nSPS) is 10.8. The Kier molecular flexibility index (Phi) is 5.99. The average Bonchev–Trinajstić information content (AvgIpc) is 3.14. The van der Waals surface area contributed by atoms with E-state index in [1.54, 1.807) is 45.4 Å². The summed E-state index contributed by atoms with van der Waals surface area (Å²) in [6, 6.07) is 14.1. The van der Waals surface area contributed by atoms with Gasteiger partial charge in [-0.1, -0.05) is 0 Å². The third-order valence-corrected chi connectivity index (χ3v) is 5.10. The molecule has 0 unspecified atom stereocenters. The summed E-state index contributed by atoms with van der Waals surface area (Å²) in [4.78, 5) is 30.0. The molecule has 0 aliphatic carbocycles. The lowest BCUT2D eigenvalue weighted by molar-refractivity contribution is -0.117. The SMILES string of the molecule is COc1ccc(-c2cc3nn(CC(=O)Nc4ccc(OC)cc4OC)c(=O)n3c(C)n2)cc1. The van der Waals surface area contributed by atoms with Crippen molar-refractivity contribution < 1.29 is 19.0 Å². The molecule has 2 aromatic heterocycles. The number of rotatable bonds is 7. The second-order valence-corrected chi connectivity index (χ2v) is 7.17. The molecule has 0 saturated carbocycles. The molecule has 1 N–H and O–H groups in total. The zero-order valence-electron chi connectivity index (χ0n) is 18.7. The van der Waals surface area contributed by atoms with Crippen LogP contribution in [0.5, 0.6) is 17.2 Å². The van der Waals surface area contributed by atoms with Gasteiger partial charge in [0.25, 0.3) is 0 Å². The van der Waals surface area contributed by atoms with Crippen molar-refractivity contribution >= 4 is 17.2 Å². The molecule has 0 spiro atoms. The molecule has 0 fully saturated rings. The second kappa shape index (κ2) is 9.03. The lowest BCUT2D eigenvalue weighted by Crippen LogP contribution is -2.29. The Hall–Kier alpha value is -4.34. The first kappa shape index (κ1) is 21.9. The van der Waals surface area contributed by atoms with Gasteiger partial charge >= 0.3 is 5.69 Å². The summed E-state index contributed by atoms with van der Waals surface area (Å²) < 4.78 is 18.1. The molecule has 4 rings (SSSR count). The highest BCUT2D eigenvalue weighted by Gasteiger charge is 2.16. The fourth-order valence-corrected chi connectivity index (χ4v) is 3.44. The van der Waals surface area contributed by atoms with E-state index in [0.717, 1.165) is 16.0 Å². The summed E-state index contributed by atoms with van der Waals surface area (Å²) in [7, 11) is 4.64. The summed E-state index contributed by atoms with van der Waals surface area (Å²) in [6.45, 7) is 1.45. The van der Waals surface area contributed by atoms with Gasteiger partial charge in [0, 0.05) is 17.7 Å². The van der Waals surface area contributed by atoms with Crippen molar-refractivity contribution in [1.82, 2.24) is 19.2 Å². The summed E-state index contributed by atoms with van der Waals surface area (Å²) in [6.07, 6.45) is 0. The number of fused-ring (bicyclic) bond motifs is 1. The van der Waals surface area contributed by atoms with Crippen LogP contribution in [0.3, 0.4) is 0 Å². The fourth-order valence-electron chi connectivity index (χ4n) is 3.44. The quantitative estimate of drug-likeness (QED) is 0.462. The first-order chi connectivity index (χ1) is 15.9. The maximum Gasteiger partial charge on any atom is 0.352 e. The van der Waals surface area contributed by atoms with Gasteiger partial charge in [0.1, 0.15) is 29.6 Å². The molecule has 0 atom stereocenters. The van der Waals surface area contributed by atoms with Gasteiger partial charge in [-0.05, 0) is 43.3 Å². The largest absolute Gasteiger partial charge is 0.497 e. The van der Waals surface area contributed by atoms with Gasteiger partial charge in [-0.2, -0.15) is 0 Å². The van der Waals surface area contributed by atoms with Crippen molar-refractivity contribution in [2.75, 3.05) is 26.6 Å². The number of nitrogens with zero attached hydrogens (tertiary/aromatic N) is 4. The maximum absolute atomic E-state index is 12.9. The zero-order valence-corrected chi connectivity index (χ0v) is 18.7. The highest BCUT2D eigenvalue weighted by Crippen LogP contribution is 2.29. The zero-order chi connectivity index (χ0) is 23.5. The van der Waals surface area contributed by atoms with Crippen LogP contribution in [0, 0.1) is 6.92 Å². The number of hydrogen-bond acceptors (Lipinski definition) is 7. The van der Waals surface area contributed by atoms with Crippen molar-refractivity contribution in [3.63, 3.8) is 0 Å². The van der Waals surface area contributed by atoms with Crippen LogP contribution in [-0.4, -0.2) is 46.4 Å². The Morgan fingerprint density at radius 2 is 1.67 bits per heavy atom. The molecule has 33 heavy (non-hydrogen) atoms. The number of amides is 1. The van der Waals surface area contributed by atoms with Crippen LogP contribution in [0.1, 0.15) is 5.82 Å². The lowest BCUT2D eigenvalue weighted by Gasteiger charge is -2.11. The molecule has 0 radical (unpaired) electrons. The van der Waals surface area contributed by atoms with E-state index < -0.39 is 11.6 Å². The molecular formula is C23H23N5O5. The molecule has 1 amide bonds. The molecule has 4 aromatic rings. The minimum atomic E-state index is -0.451. The molecule has 170 valence electrons. The van der Waals surface area contributed by atoms with Crippen molar-refractivity contribution in [2.45, 2.75) is 13.5 Å². The summed E-state index contributed by atoms with van der Waals surface area (Å²) >= 11 is 0. The third-order valence-electron chi connectivity index (χ3n) is 5.10. The van der Waals surface area contributed by atoms with E-state index in [-0.39, 0.29) is 6.54 Å². The first-order valence-electron chi connectivity index (χ1n) is 10.1. The molecule has 0 aliphatic heterocycles. The molecule has 2 heterocycles. The number of aryl methyl sites for hydroxylation is 1. The average molecular weight is 449 g/mol. The molecule has 2 aromatic carbocycles. The highest BCUT2D eigenvalue weighted by molar-refractivity contribution is 5.92. The molecule has 10 heteroatoms. The van der Waals surface area contributed by atoms with Crippen molar-refractivity contribution in [2.24, 2.45) is 0 Å². The predicted molar refractivity (Wildman–Crippen MR) is 122 cm³/mol. The smallest absolute Gasteiger partial charge is 0.352 e. The number of nitrogens with one attached hydrogen (secondary N) is 1. The van der Waals surface area contributed by atoms with Crippen LogP contribution in [0.25, 0.3) is 16.9 Å². The summed E-state index contributed by atoms with van der Waals surface area (Å²) in [5.74, 6) is 1.81. The number of hydrogen-bond donors (Lipinski definition) is 1. The number of ether oxygens (including phenoxy) is 3. The molecule has 10 nitrogen and oxygen atoms in total. The van der Waals surface area contributed by atoms with E-state index in [1.807, 2.05) is 24.3 Å². The third kappa shape index (κ3) is 4.36. The number of methoxy groups -OCH3 is 3. The van der Waals surface area contributed by atoms with E-state index in [9.17, 15) is 9.59 Å². The molecule has 0 aliphatic rings. The van der Waals surface area contributed by atoms with Gasteiger partial charge in [-0.25, -0.2) is 18.9 Å². The Bertz CT molecular complexity index is 1370. The van der Waals surface area contributed by atoms with E-state index in [0.29, 0.717) is 34.4 Å². The van der Waals surface area contributed by atoms with Crippen molar-refractivity contribution in [3.8, 4) is 28.5 Å². The second-order valence-electron chi connectivity index (χ2n) is 7.17. The van der Waals surface area contributed by atoms with Crippen molar-refractivity contribution in [1.29, 1.82) is 0 Å². The lowest BCUT2D eigenvalue weighted by atomic mass is 10.1. The Balaban J connectivity index is 1.61. The summed E-state index contributed by atoms with van der Waals surface area (Å²) in [5, 5.41) is 7.07. The van der Waals surface area contributed by atoms with Crippen LogP contribution in [-0.2, 0) is 11.3 Å². The van der Waals surface area contributed by atoms with Crippen molar-refractivity contribution in [3.05, 3.63) is 64.8 Å². The maximum atomic E-state index is 12.9. The number of benzene rings is 2. The van der Waals surface area contributed by atoms with Gasteiger partial charge in [0.15, 0.2) is 5.65 Å². The van der Waals surface area contributed by atoms with Crippen LogP contribution >= 0.6 is 0 Å². The first-order valence-corrected chi connectivity index (χ1v) is 10.1. The number of carbonyl (C=O) groups is 1. The van der Waals surface area contributed by atoms with Gasteiger partial charge in [0.2, 0.25) is 5.91 Å². The molecule has 0 saturated heterocycles. The predicted octanol–water partition coefficient (Wildman–Crippen LogP) is 2.53. The monoisotopic (exact) mass is 449 g/mol. The number of aromatic nitrogens is 4. The molecule has 0 bridgehead atoms. The Labute approximate surface area is 189 Å². The van der Waals surface area contributed by atoms with Gasteiger partial charge in [0.05, 0.1) is 32.7 Å². The Morgan fingerprint density at radius 3 is 2.33 bits per heavy atom. The topological polar surface area (TPSA) is 109 Å². The standard InChI is InChI=1S/C23H23N5O5/c1-14-24-19(15-5-7-16(31-2)8-6-15)12-21-26-27(23(30)28(14)21)13-22(29)25-18-10-9-17(32-3)11-20(18)33-4/h5-12H,13H2,1-4H3,(H,25,29). The van der Waals surface area contributed by atoms with Crippen LogP contribution < -0.4 is 25.2 Å². The minimum Gasteiger partial charge on any atom is -0.497 e. The fraction of sp³-hybridized carbons (Fsp3) is 0.217. The van der Waals surface area contributed by atoms with E-state index in [4.69, 9.17) is 14.2 Å². The van der Waals surface area contributed by atoms with Crippen LogP contribution in [0.15, 0.2) is 53.3 Å². The minimum absolute atomic E-state index is 0.271. The highest BCUT2D eigenvalue weighted by atomic mass is 16.5. The van der Waals surface area contributed by atoms with Gasteiger partial charge in [-0.3, -0.25) is 4.79 Å². The van der Waals surface area contributed by atoms with E-state index in [1.165, 1.54) is 11.5 Å².